The lowest BCUT2D eigenvalue weighted by atomic mass is 10.1. The average Bonchev–Trinajstić information content (AvgIpc) is 2.04. The molecule has 4 heteroatoms. The Kier molecular flexibility index (Phi) is 2.81. The first-order valence-electron chi connectivity index (χ1n) is 3.21. The van der Waals surface area contributed by atoms with Gasteiger partial charge in [-0.05, 0) is 17.7 Å². The minimum absolute atomic E-state index is 0.392. The standard InChI is InChI=1S/C8H6BrFO2/c9-7(8(11)12)5-1-3-6(10)4-2-5/h1-4,7H,(H,11,12)/p-1. The highest BCUT2D eigenvalue weighted by molar-refractivity contribution is 9.09. The number of hydrogen-bond donors (Lipinski definition) is 0. The topological polar surface area (TPSA) is 40.1 Å². The summed E-state index contributed by atoms with van der Waals surface area (Å²) in [5.74, 6) is -1.63. The first-order chi connectivity index (χ1) is 5.61. The molecule has 0 aromatic heterocycles. The second-order valence-corrected chi connectivity index (χ2v) is 3.15. The fraction of sp³-hybridized carbons (Fsp3) is 0.125. The molecule has 0 aliphatic rings. The molecule has 0 N–H and O–H groups in total. The van der Waals surface area contributed by atoms with E-state index in [9.17, 15) is 14.3 Å². The van der Waals surface area contributed by atoms with E-state index in [1.807, 2.05) is 0 Å². The minimum atomic E-state index is -1.23. The predicted molar refractivity (Wildman–Crippen MR) is 43.1 cm³/mol. The molecule has 0 radical (unpaired) electrons. The van der Waals surface area contributed by atoms with Crippen molar-refractivity contribution in [1.82, 2.24) is 0 Å². The molecule has 1 unspecified atom stereocenters. The van der Waals surface area contributed by atoms with Gasteiger partial charge >= 0.3 is 0 Å². The first-order valence-corrected chi connectivity index (χ1v) is 4.13. The lowest BCUT2D eigenvalue weighted by Crippen LogP contribution is -2.26. The third-order valence-electron chi connectivity index (χ3n) is 1.37. The molecule has 0 amide bonds. The van der Waals surface area contributed by atoms with Crippen LogP contribution in [0.1, 0.15) is 10.4 Å². The highest BCUT2D eigenvalue weighted by Crippen LogP contribution is 2.21. The Balaban J connectivity index is 2.89. The number of carbonyl (C=O) groups is 1. The van der Waals surface area contributed by atoms with Crippen molar-refractivity contribution in [3.63, 3.8) is 0 Å². The molecule has 0 saturated heterocycles. The smallest absolute Gasteiger partial charge is 0.123 e. The van der Waals surface area contributed by atoms with E-state index in [-0.39, 0.29) is 0 Å². The SMILES string of the molecule is O=C([O-])C(Br)c1ccc(F)cc1. The second-order valence-electron chi connectivity index (χ2n) is 2.23. The van der Waals surface area contributed by atoms with E-state index in [1.54, 1.807) is 0 Å². The van der Waals surface area contributed by atoms with E-state index in [0.29, 0.717) is 5.56 Å². The summed E-state index contributed by atoms with van der Waals surface area (Å²) in [5, 5.41) is 10.3. The van der Waals surface area contributed by atoms with E-state index >= 15 is 0 Å². The molecule has 0 bridgehead atoms. The van der Waals surface area contributed by atoms with Gasteiger partial charge in [0.05, 0.1) is 10.8 Å². The molecule has 0 saturated carbocycles. The zero-order chi connectivity index (χ0) is 9.14. The second kappa shape index (κ2) is 3.67. The Morgan fingerprint density at radius 2 is 1.92 bits per heavy atom. The number of carboxylic acid groups (broad SMARTS) is 1. The number of carbonyl (C=O) groups excluding carboxylic acids is 1. The van der Waals surface area contributed by atoms with Crippen LogP contribution >= 0.6 is 15.9 Å². The van der Waals surface area contributed by atoms with Crippen LogP contribution < -0.4 is 5.11 Å². The zero-order valence-electron chi connectivity index (χ0n) is 5.96. The molecule has 0 fully saturated rings. The molecule has 0 spiro atoms. The van der Waals surface area contributed by atoms with Crippen LogP contribution in [-0.2, 0) is 4.79 Å². The molecule has 0 aliphatic carbocycles. The largest absolute Gasteiger partial charge is 0.549 e. The summed E-state index contributed by atoms with van der Waals surface area (Å²) in [5.41, 5.74) is 0.469. The first kappa shape index (κ1) is 9.19. The van der Waals surface area contributed by atoms with Crippen LogP contribution in [0.4, 0.5) is 4.39 Å². The summed E-state index contributed by atoms with van der Waals surface area (Å²) < 4.78 is 12.4. The summed E-state index contributed by atoms with van der Waals surface area (Å²) in [6.45, 7) is 0. The maximum Gasteiger partial charge on any atom is 0.123 e. The summed E-state index contributed by atoms with van der Waals surface area (Å²) in [6, 6.07) is 5.19. The molecular weight excluding hydrogens is 227 g/mol. The van der Waals surface area contributed by atoms with Gasteiger partial charge in [0.25, 0.3) is 0 Å². The van der Waals surface area contributed by atoms with Gasteiger partial charge in [-0.25, -0.2) is 4.39 Å². The number of benzene rings is 1. The molecule has 12 heavy (non-hydrogen) atoms. The Morgan fingerprint density at radius 1 is 1.42 bits per heavy atom. The predicted octanol–water partition coefficient (Wildman–Crippen LogP) is 1.01. The molecule has 1 aromatic carbocycles. The van der Waals surface area contributed by atoms with Gasteiger partial charge < -0.3 is 9.90 Å². The molecule has 2 nitrogen and oxygen atoms in total. The quantitative estimate of drug-likeness (QED) is 0.714. The third-order valence-corrected chi connectivity index (χ3v) is 2.27. The molecule has 1 aromatic rings. The van der Waals surface area contributed by atoms with Gasteiger partial charge in [-0.3, -0.25) is 0 Å². The van der Waals surface area contributed by atoms with Crippen molar-refractivity contribution < 1.29 is 14.3 Å². The molecule has 1 rings (SSSR count). The van der Waals surface area contributed by atoms with Gasteiger partial charge in [-0.2, -0.15) is 0 Å². The van der Waals surface area contributed by atoms with Crippen LogP contribution in [0.5, 0.6) is 0 Å². The molecule has 1 atom stereocenters. The molecule has 0 heterocycles. The van der Waals surface area contributed by atoms with Crippen molar-refractivity contribution in [1.29, 1.82) is 0 Å². The number of aliphatic carboxylic acids is 1. The lowest BCUT2D eigenvalue weighted by Gasteiger charge is -2.10. The number of alkyl halides is 1. The van der Waals surface area contributed by atoms with Gasteiger partial charge in [-0.1, -0.05) is 28.1 Å². The number of hydrogen-bond acceptors (Lipinski definition) is 2. The van der Waals surface area contributed by atoms with E-state index in [1.165, 1.54) is 24.3 Å². The van der Waals surface area contributed by atoms with Crippen LogP contribution in [-0.4, -0.2) is 5.97 Å². The van der Waals surface area contributed by atoms with Crippen LogP contribution in [0.25, 0.3) is 0 Å². The van der Waals surface area contributed by atoms with E-state index in [2.05, 4.69) is 15.9 Å². The van der Waals surface area contributed by atoms with Crippen LogP contribution in [0.15, 0.2) is 24.3 Å². The fourth-order valence-electron chi connectivity index (χ4n) is 0.768. The van der Waals surface area contributed by atoms with Gasteiger partial charge in [0.2, 0.25) is 0 Å². The zero-order valence-corrected chi connectivity index (χ0v) is 7.55. The van der Waals surface area contributed by atoms with Crippen LogP contribution in [0.2, 0.25) is 0 Å². The Bertz CT molecular complexity index is 284. The van der Waals surface area contributed by atoms with E-state index < -0.39 is 16.6 Å². The monoisotopic (exact) mass is 231 g/mol. The van der Waals surface area contributed by atoms with Gasteiger partial charge in [0, 0.05) is 0 Å². The average molecular weight is 232 g/mol. The van der Waals surface area contributed by atoms with Crippen molar-refractivity contribution in [3.05, 3.63) is 35.6 Å². The van der Waals surface area contributed by atoms with E-state index in [0.717, 1.165) is 0 Å². The van der Waals surface area contributed by atoms with E-state index in [4.69, 9.17) is 0 Å². The summed E-state index contributed by atoms with van der Waals surface area (Å²) in [4.78, 5) is 9.46. The summed E-state index contributed by atoms with van der Waals surface area (Å²) in [6.07, 6.45) is 0. The maximum absolute atomic E-state index is 12.4. The normalized spacial score (nSPS) is 12.5. The summed E-state index contributed by atoms with van der Waals surface area (Å²) in [7, 11) is 0. The number of halogens is 2. The van der Waals surface area contributed by atoms with Crippen molar-refractivity contribution in [2.45, 2.75) is 4.83 Å². The molecular formula is C8H5BrFO2-. The van der Waals surface area contributed by atoms with Crippen molar-refractivity contribution in [3.8, 4) is 0 Å². The molecule has 0 aliphatic heterocycles. The minimum Gasteiger partial charge on any atom is -0.549 e. The van der Waals surface area contributed by atoms with Crippen molar-refractivity contribution >= 4 is 21.9 Å². The number of rotatable bonds is 2. The van der Waals surface area contributed by atoms with Gasteiger partial charge in [0.15, 0.2) is 0 Å². The Morgan fingerprint density at radius 3 is 2.33 bits per heavy atom. The molecule has 64 valence electrons. The third kappa shape index (κ3) is 2.04. The van der Waals surface area contributed by atoms with Crippen LogP contribution in [0, 0.1) is 5.82 Å². The highest BCUT2D eigenvalue weighted by atomic mass is 79.9. The Hall–Kier alpha value is -0.900. The maximum atomic E-state index is 12.4. The van der Waals surface area contributed by atoms with Crippen molar-refractivity contribution in [2.24, 2.45) is 0 Å². The fourth-order valence-corrected chi connectivity index (χ4v) is 1.07. The van der Waals surface area contributed by atoms with Gasteiger partial charge in [0.1, 0.15) is 5.82 Å². The lowest BCUT2D eigenvalue weighted by molar-refractivity contribution is -0.304. The van der Waals surface area contributed by atoms with Gasteiger partial charge in [-0.15, -0.1) is 0 Å². The number of carboxylic acids is 1. The van der Waals surface area contributed by atoms with Crippen molar-refractivity contribution in [2.75, 3.05) is 0 Å². The summed E-state index contributed by atoms with van der Waals surface area (Å²) >= 11 is 2.89. The highest BCUT2D eigenvalue weighted by Gasteiger charge is 2.07. The van der Waals surface area contributed by atoms with Crippen LogP contribution in [0.3, 0.4) is 0 Å². The Labute approximate surface area is 77.2 Å².